The molecule has 2 aromatic rings. The topological polar surface area (TPSA) is 70.2 Å². The molecule has 2 heterocycles. The van der Waals surface area contributed by atoms with E-state index in [-0.39, 0.29) is 18.0 Å². The average Bonchev–Trinajstić information content (AvgIpc) is 3.19. The Morgan fingerprint density at radius 1 is 1.36 bits per heavy atom. The predicted octanol–water partition coefficient (Wildman–Crippen LogP) is 2.05. The second kappa shape index (κ2) is 6.88. The van der Waals surface area contributed by atoms with Crippen LogP contribution in [0.4, 0.5) is 0 Å². The van der Waals surface area contributed by atoms with Gasteiger partial charge in [0.2, 0.25) is 5.91 Å². The van der Waals surface area contributed by atoms with E-state index in [0.29, 0.717) is 12.5 Å². The number of benzene rings is 1. The van der Waals surface area contributed by atoms with Crippen LogP contribution in [-0.2, 0) is 11.2 Å². The molecule has 0 bridgehead atoms. The molecule has 0 radical (unpaired) electrons. The zero-order valence-electron chi connectivity index (χ0n) is 14.4. The molecule has 25 heavy (non-hydrogen) atoms. The van der Waals surface area contributed by atoms with Gasteiger partial charge in [0.05, 0.1) is 19.6 Å². The first-order valence-electron chi connectivity index (χ1n) is 8.92. The summed E-state index contributed by atoms with van der Waals surface area (Å²) >= 11 is 0. The lowest BCUT2D eigenvalue weighted by Crippen LogP contribution is -2.40. The van der Waals surface area contributed by atoms with Gasteiger partial charge in [-0.3, -0.25) is 14.8 Å². The number of nitrogens with one attached hydrogen (secondary N) is 2. The van der Waals surface area contributed by atoms with Crippen molar-refractivity contribution in [3.8, 4) is 5.75 Å². The summed E-state index contributed by atoms with van der Waals surface area (Å²) in [5.41, 5.74) is 2.06. The van der Waals surface area contributed by atoms with E-state index in [1.807, 2.05) is 18.2 Å². The summed E-state index contributed by atoms with van der Waals surface area (Å²) in [6, 6.07) is 11.1. The molecule has 2 fully saturated rings. The largest absolute Gasteiger partial charge is 0.497 e. The molecule has 2 aliphatic rings. The highest BCUT2D eigenvalue weighted by Crippen LogP contribution is 2.41. The molecule has 0 spiro atoms. The van der Waals surface area contributed by atoms with E-state index >= 15 is 0 Å². The van der Waals surface area contributed by atoms with Gasteiger partial charge in [-0.15, -0.1) is 0 Å². The fourth-order valence-electron chi connectivity index (χ4n) is 3.85. The first-order chi connectivity index (χ1) is 12.2. The van der Waals surface area contributed by atoms with Gasteiger partial charge in [-0.1, -0.05) is 12.1 Å². The molecule has 4 rings (SSSR count). The van der Waals surface area contributed by atoms with Crippen LogP contribution in [0.2, 0.25) is 0 Å². The molecule has 1 aliphatic carbocycles. The van der Waals surface area contributed by atoms with Gasteiger partial charge < -0.3 is 10.1 Å². The number of ether oxygens (including phenoxy) is 1. The number of rotatable bonds is 6. The molecule has 132 valence electrons. The maximum Gasteiger partial charge on any atom is 0.226 e. The number of carbonyl (C=O) groups excluding carboxylic acids is 1. The number of carbonyl (C=O) groups is 1. The van der Waals surface area contributed by atoms with Crippen molar-refractivity contribution in [3.63, 3.8) is 0 Å². The number of hydrogen-bond donors (Lipinski definition) is 2. The average molecular weight is 340 g/mol. The minimum atomic E-state index is 0.0415. The number of H-pyrrole nitrogens is 1. The molecular weight excluding hydrogens is 316 g/mol. The van der Waals surface area contributed by atoms with E-state index in [9.17, 15) is 4.79 Å². The molecule has 1 amide bonds. The van der Waals surface area contributed by atoms with E-state index < -0.39 is 0 Å². The smallest absolute Gasteiger partial charge is 0.226 e. The minimum Gasteiger partial charge on any atom is -0.497 e. The van der Waals surface area contributed by atoms with E-state index in [0.717, 1.165) is 24.4 Å². The monoisotopic (exact) mass is 340 g/mol. The third kappa shape index (κ3) is 3.54. The van der Waals surface area contributed by atoms with Crippen LogP contribution in [0.15, 0.2) is 36.5 Å². The van der Waals surface area contributed by atoms with E-state index in [1.165, 1.54) is 18.4 Å². The molecule has 1 aromatic carbocycles. The van der Waals surface area contributed by atoms with Gasteiger partial charge in [-0.2, -0.15) is 5.10 Å². The highest BCUT2D eigenvalue weighted by molar-refractivity contribution is 5.78. The van der Waals surface area contributed by atoms with Crippen LogP contribution in [-0.4, -0.2) is 46.7 Å². The number of methoxy groups -OCH3 is 1. The van der Waals surface area contributed by atoms with Crippen molar-refractivity contribution in [2.45, 2.75) is 43.8 Å². The fraction of sp³-hybridized carbons (Fsp3) is 0.474. The molecular formula is C19H24N4O2. The van der Waals surface area contributed by atoms with E-state index in [4.69, 9.17) is 4.74 Å². The van der Waals surface area contributed by atoms with Crippen molar-refractivity contribution in [2.75, 3.05) is 13.7 Å². The Hall–Kier alpha value is -2.34. The van der Waals surface area contributed by atoms with Gasteiger partial charge in [0.25, 0.3) is 0 Å². The summed E-state index contributed by atoms with van der Waals surface area (Å²) in [7, 11) is 1.69. The Kier molecular flexibility index (Phi) is 4.44. The Morgan fingerprint density at radius 3 is 2.96 bits per heavy atom. The SMILES string of the molecule is COc1cccc([C@@H]2[C@@H](NC(=O)Cc3ccn[nH]3)CCN2C2CC2)c1. The summed E-state index contributed by atoms with van der Waals surface area (Å²) in [6.07, 6.45) is 5.51. The number of nitrogens with zero attached hydrogens (tertiary/aromatic N) is 2. The quantitative estimate of drug-likeness (QED) is 0.844. The van der Waals surface area contributed by atoms with Crippen LogP contribution in [0, 0.1) is 0 Å². The molecule has 6 nitrogen and oxygen atoms in total. The van der Waals surface area contributed by atoms with Crippen molar-refractivity contribution in [1.82, 2.24) is 20.4 Å². The van der Waals surface area contributed by atoms with Gasteiger partial charge >= 0.3 is 0 Å². The van der Waals surface area contributed by atoms with Gasteiger partial charge in [-0.05, 0) is 43.0 Å². The Bertz CT molecular complexity index is 727. The predicted molar refractivity (Wildman–Crippen MR) is 94.3 cm³/mol. The highest BCUT2D eigenvalue weighted by Gasteiger charge is 2.43. The van der Waals surface area contributed by atoms with Crippen molar-refractivity contribution in [1.29, 1.82) is 0 Å². The third-order valence-electron chi connectivity index (χ3n) is 5.14. The van der Waals surface area contributed by atoms with Crippen LogP contribution >= 0.6 is 0 Å². The third-order valence-corrected chi connectivity index (χ3v) is 5.14. The first-order valence-corrected chi connectivity index (χ1v) is 8.92. The Balaban J connectivity index is 1.52. The number of aromatic amines is 1. The molecule has 1 saturated carbocycles. The van der Waals surface area contributed by atoms with Gasteiger partial charge in [0.15, 0.2) is 0 Å². The second-order valence-corrected chi connectivity index (χ2v) is 6.91. The van der Waals surface area contributed by atoms with E-state index in [1.54, 1.807) is 13.3 Å². The van der Waals surface area contributed by atoms with Crippen molar-refractivity contribution in [3.05, 3.63) is 47.8 Å². The number of hydrogen-bond acceptors (Lipinski definition) is 4. The summed E-state index contributed by atoms with van der Waals surface area (Å²) in [4.78, 5) is 15.0. The zero-order valence-corrected chi connectivity index (χ0v) is 14.4. The maximum absolute atomic E-state index is 12.5. The second-order valence-electron chi connectivity index (χ2n) is 6.91. The molecule has 1 aliphatic heterocycles. The maximum atomic E-state index is 12.5. The van der Waals surface area contributed by atoms with Crippen LogP contribution < -0.4 is 10.1 Å². The van der Waals surface area contributed by atoms with Crippen LogP contribution in [0.1, 0.15) is 36.6 Å². The Morgan fingerprint density at radius 2 is 2.24 bits per heavy atom. The molecule has 2 N–H and O–H groups in total. The van der Waals surface area contributed by atoms with Gasteiger partial charge in [0, 0.05) is 30.5 Å². The minimum absolute atomic E-state index is 0.0415. The lowest BCUT2D eigenvalue weighted by molar-refractivity contribution is -0.121. The zero-order chi connectivity index (χ0) is 17.2. The van der Waals surface area contributed by atoms with E-state index in [2.05, 4.69) is 32.5 Å². The molecule has 6 heteroatoms. The fourth-order valence-corrected chi connectivity index (χ4v) is 3.85. The van der Waals surface area contributed by atoms with Crippen LogP contribution in [0.5, 0.6) is 5.75 Å². The summed E-state index contributed by atoms with van der Waals surface area (Å²) < 4.78 is 5.40. The van der Waals surface area contributed by atoms with Crippen molar-refractivity contribution in [2.24, 2.45) is 0 Å². The molecule has 0 unspecified atom stereocenters. The first kappa shape index (κ1) is 16.1. The summed E-state index contributed by atoms with van der Waals surface area (Å²) in [5.74, 6) is 0.905. The lowest BCUT2D eigenvalue weighted by Gasteiger charge is -2.29. The number of amides is 1. The summed E-state index contributed by atoms with van der Waals surface area (Å²) in [6.45, 7) is 1.03. The van der Waals surface area contributed by atoms with Gasteiger partial charge in [0.1, 0.15) is 5.75 Å². The summed E-state index contributed by atoms with van der Waals surface area (Å²) in [5, 5.41) is 10.0. The highest BCUT2D eigenvalue weighted by atomic mass is 16.5. The Labute approximate surface area is 147 Å². The van der Waals surface area contributed by atoms with Crippen LogP contribution in [0.25, 0.3) is 0 Å². The van der Waals surface area contributed by atoms with Crippen LogP contribution in [0.3, 0.4) is 0 Å². The lowest BCUT2D eigenvalue weighted by atomic mass is 9.99. The van der Waals surface area contributed by atoms with Gasteiger partial charge in [-0.25, -0.2) is 0 Å². The normalized spacial score (nSPS) is 23.6. The standard InChI is InChI=1S/C19H24N4O2/c1-25-16-4-2-3-13(11-16)19-17(8-10-23(19)15-5-6-15)21-18(24)12-14-7-9-20-22-14/h2-4,7,9,11,15,17,19H,5-6,8,10,12H2,1H3,(H,20,22)(H,21,24)/t17-,19+/m0/s1. The molecule has 1 aromatic heterocycles. The molecule has 1 saturated heterocycles. The van der Waals surface area contributed by atoms with Crippen molar-refractivity contribution < 1.29 is 9.53 Å². The number of likely N-dealkylation sites (tertiary alicyclic amines) is 1. The number of aromatic nitrogens is 2. The molecule has 2 atom stereocenters. The van der Waals surface area contributed by atoms with Crippen molar-refractivity contribution >= 4 is 5.91 Å².